The van der Waals surface area contributed by atoms with Crippen molar-refractivity contribution in [2.45, 2.75) is 466 Å². The van der Waals surface area contributed by atoms with E-state index in [0.29, 0.717) is 12.8 Å². The molecule has 0 spiro atoms. The molecule has 99 heavy (non-hydrogen) atoms. The molecule has 2 aliphatic rings. The molecule has 0 bridgehead atoms. The molecule has 0 aromatic rings. The van der Waals surface area contributed by atoms with Crippen LogP contribution in [0, 0.1) is 0 Å². The Morgan fingerprint density at radius 3 is 1.05 bits per heavy atom. The lowest BCUT2D eigenvalue weighted by atomic mass is 9.97. The minimum atomic E-state index is -1.79. The standard InChI is InChI=1S/C85H159NO13/c1-3-5-7-9-11-13-15-17-19-21-23-25-27-29-31-33-35-37-39-41-43-45-47-49-51-53-55-57-59-61-63-65-67-69-77(90)86-73(72-96-84-82(95)80(93)83(76(71-88)98-84)99-85-81(94)79(92)78(91)75(70-87)97-85)74(89)68-66-64-62-60-58-56-54-52-50-48-46-44-42-40-38-36-34-32-30-28-26-24-22-20-18-16-14-12-10-8-6-4-2/h15,17,21,23,58,60,66,68,73-76,78-85,87-89,91-95H,3-14,16,18-20,22,24-57,59,61-65,67,69-72H2,1-2H3,(H,86,90)/b17-15-,23-21-,60-58+,68-66+. The molecule has 0 radical (unpaired) electrons. The Bertz CT molecular complexity index is 1850. The van der Waals surface area contributed by atoms with E-state index in [4.69, 9.17) is 18.9 Å². The predicted molar refractivity (Wildman–Crippen MR) is 411 cm³/mol. The number of carbonyl (C=O) groups excluding carboxylic acids is 1. The first kappa shape index (κ1) is 93.0. The zero-order valence-electron chi connectivity index (χ0n) is 64.0. The fraction of sp³-hybridized carbons (Fsp3) is 0.894. The second kappa shape index (κ2) is 69.0. The van der Waals surface area contributed by atoms with Crippen LogP contribution in [0.5, 0.6) is 0 Å². The Balaban J connectivity index is 1.60. The van der Waals surface area contributed by atoms with Crippen LogP contribution < -0.4 is 5.32 Å². The molecule has 2 heterocycles. The molecule has 14 heteroatoms. The molecular weight excluding hydrogens is 1240 g/mol. The topological polar surface area (TPSA) is 228 Å². The van der Waals surface area contributed by atoms with E-state index in [-0.39, 0.29) is 18.9 Å². The third-order valence-electron chi connectivity index (χ3n) is 20.7. The minimum Gasteiger partial charge on any atom is -0.394 e. The molecule has 12 unspecified atom stereocenters. The largest absolute Gasteiger partial charge is 0.394 e. The van der Waals surface area contributed by atoms with Crippen molar-refractivity contribution in [3.05, 3.63) is 48.6 Å². The number of aliphatic hydroxyl groups is 8. The highest BCUT2D eigenvalue weighted by atomic mass is 16.7. The molecule has 9 N–H and O–H groups in total. The summed E-state index contributed by atoms with van der Waals surface area (Å²) >= 11 is 0. The van der Waals surface area contributed by atoms with Gasteiger partial charge in [0.25, 0.3) is 0 Å². The fourth-order valence-electron chi connectivity index (χ4n) is 14.1. The summed E-state index contributed by atoms with van der Waals surface area (Å²) < 4.78 is 22.9. The van der Waals surface area contributed by atoms with Crippen molar-refractivity contribution in [1.82, 2.24) is 5.32 Å². The minimum absolute atomic E-state index is 0.242. The van der Waals surface area contributed by atoms with E-state index in [9.17, 15) is 45.6 Å². The van der Waals surface area contributed by atoms with Gasteiger partial charge in [0.15, 0.2) is 12.6 Å². The summed E-state index contributed by atoms with van der Waals surface area (Å²) in [5.41, 5.74) is 0. The van der Waals surface area contributed by atoms with Gasteiger partial charge in [0.2, 0.25) is 5.91 Å². The number of allylic oxidation sites excluding steroid dienone is 7. The predicted octanol–water partition coefficient (Wildman–Crippen LogP) is 19.8. The third kappa shape index (κ3) is 51.7. The zero-order valence-corrected chi connectivity index (χ0v) is 64.0. The smallest absolute Gasteiger partial charge is 0.220 e. The van der Waals surface area contributed by atoms with E-state index < -0.39 is 86.8 Å². The van der Waals surface area contributed by atoms with E-state index in [1.807, 2.05) is 6.08 Å². The SMILES string of the molecule is CCCCCCC/C=C\C/C=C\CCCCCCCCCCCCCCCCCCCCCCCC(=O)NC(COC1OC(CO)C(OC2OC(CO)C(O)C(O)C2O)C(O)C1O)C(O)/C=C/CC/C=C/CCCCCCCCCCCCCCCCCCCCCCCCCCCC. The Hall–Kier alpha value is -2.05. The first-order valence-corrected chi connectivity index (χ1v) is 42.4. The van der Waals surface area contributed by atoms with E-state index in [1.165, 1.54) is 321 Å². The van der Waals surface area contributed by atoms with Crippen LogP contribution in [-0.4, -0.2) is 140 Å². The molecule has 1 amide bonds. The Morgan fingerprint density at radius 2 is 0.677 bits per heavy atom. The summed E-state index contributed by atoms with van der Waals surface area (Å²) in [5, 5.41) is 87.7. The number of aliphatic hydroxyl groups excluding tert-OH is 8. The Labute approximate surface area is 607 Å². The van der Waals surface area contributed by atoms with Crippen molar-refractivity contribution in [3.63, 3.8) is 0 Å². The van der Waals surface area contributed by atoms with Crippen LogP contribution in [0.3, 0.4) is 0 Å². The number of nitrogens with one attached hydrogen (secondary N) is 1. The molecule has 2 rings (SSSR count). The zero-order chi connectivity index (χ0) is 71.5. The van der Waals surface area contributed by atoms with E-state index >= 15 is 0 Å². The lowest BCUT2D eigenvalue weighted by molar-refractivity contribution is -0.359. The van der Waals surface area contributed by atoms with Gasteiger partial charge in [-0.1, -0.05) is 371 Å². The van der Waals surface area contributed by atoms with E-state index in [2.05, 4.69) is 55.6 Å². The van der Waals surface area contributed by atoms with Gasteiger partial charge in [-0.15, -0.1) is 0 Å². The average Bonchev–Trinajstić information content (AvgIpc) is 0.793. The van der Waals surface area contributed by atoms with Gasteiger partial charge in [-0.25, -0.2) is 0 Å². The fourth-order valence-corrected chi connectivity index (χ4v) is 14.1. The van der Waals surface area contributed by atoms with Crippen LogP contribution in [0.4, 0.5) is 0 Å². The Morgan fingerprint density at radius 1 is 0.364 bits per heavy atom. The molecule has 2 fully saturated rings. The maximum atomic E-state index is 13.4. The molecule has 12 atom stereocenters. The van der Waals surface area contributed by atoms with E-state index in [0.717, 1.165) is 38.5 Å². The molecule has 0 aromatic heterocycles. The summed E-state index contributed by atoms with van der Waals surface area (Å²) in [7, 11) is 0. The van der Waals surface area contributed by atoms with Gasteiger partial charge in [0.1, 0.15) is 48.8 Å². The monoisotopic (exact) mass is 1400 g/mol. The summed E-state index contributed by atoms with van der Waals surface area (Å²) in [5.74, 6) is -0.242. The number of amides is 1. The van der Waals surface area contributed by atoms with Crippen LogP contribution in [0.15, 0.2) is 48.6 Å². The highest BCUT2D eigenvalue weighted by molar-refractivity contribution is 5.76. The average molecular weight is 1400 g/mol. The summed E-state index contributed by atoms with van der Waals surface area (Å²) in [6.07, 6.45) is 76.4. The van der Waals surface area contributed by atoms with Crippen molar-refractivity contribution >= 4 is 5.91 Å². The number of rotatable bonds is 72. The quantitative estimate of drug-likeness (QED) is 0.0204. The highest BCUT2D eigenvalue weighted by Gasteiger charge is 2.51. The molecule has 582 valence electrons. The van der Waals surface area contributed by atoms with Crippen LogP contribution in [0.2, 0.25) is 0 Å². The van der Waals surface area contributed by atoms with Gasteiger partial charge in [-0.2, -0.15) is 0 Å². The maximum Gasteiger partial charge on any atom is 0.220 e. The summed E-state index contributed by atoms with van der Waals surface area (Å²) in [4.78, 5) is 13.4. The normalized spacial score (nSPS) is 22.1. The van der Waals surface area contributed by atoms with Gasteiger partial charge in [-0.05, 0) is 64.2 Å². The van der Waals surface area contributed by atoms with Crippen LogP contribution in [-0.2, 0) is 23.7 Å². The number of unbranched alkanes of at least 4 members (excludes halogenated alkanes) is 53. The lowest BCUT2D eigenvalue weighted by Gasteiger charge is -2.46. The van der Waals surface area contributed by atoms with E-state index in [1.54, 1.807) is 6.08 Å². The second-order valence-corrected chi connectivity index (χ2v) is 30.0. The van der Waals surface area contributed by atoms with Crippen molar-refractivity contribution in [3.8, 4) is 0 Å². The molecule has 2 saturated heterocycles. The lowest BCUT2D eigenvalue weighted by Crippen LogP contribution is -2.65. The van der Waals surface area contributed by atoms with Gasteiger partial charge in [0.05, 0.1) is 32.0 Å². The Kier molecular flexibility index (Phi) is 64.9. The van der Waals surface area contributed by atoms with Crippen molar-refractivity contribution in [2.75, 3.05) is 19.8 Å². The summed E-state index contributed by atoms with van der Waals surface area (Å²) in [6, 6.07) is -0.933. The number of hydrogen-bond donors (Lipinski definition) is 9. The van der Waals surface area contributed by atoms with Gasteiger partial charge in [-0.3, -0.25) is 4.79 Å². The molecular formula is C85H159NO13. The molecule has 14 nitrogen and oxygen atoms in total. The number of carbonyl (C=O) groups is 1. The number of hydrogen-bond acceptors (Lipinski definition) is 13. The maximum absolute atomic E-state index is 13.4. The van der Waals surface area contributed by atoms with Gasteiger partial charge in [0, 0.05) is 6.42 Å². The third-order valence-corrected chi connectivity index (χ3v) is 20.7. The van der Waals surface area contributed by atoms with Crippen molar-refractivity contribution in [1.29, 1.82) is 0 Å². The number of ether oxygens (including phenoxy) is 4. The summed E-state index contributed by atoms with van der Waals surface area (Å²) in [6.45, 7) is 2.84. The first-order valence-electron chi connectivity index (χ1n) is 42.4. The first-order chi connectivity index (χ1) is 48.6. The highest BCUT2D eigenvalue weighted by Crippen LogP contribution is 2.30. The second-order valence-electron chi connectivity index (χ2n) is 30.0. The molecule has 0 saturated carbocycles. The van der Waals surface area contributed by atoms with Crippen LogP contribution >= 0.6 is 0 Å². The van der Waals surface area contributed by atoms with Crippen molar-refractivity contribution < 1.29 is 64.6 Å². The van der Waals surface area contributed by atoms with Gasteiger partial charge < -0.3 is 65.1 Å². The van der Waals surface area contributed by atoms with Crippen LogP contribution in [0.1, 0.15) is 393 Å². The molecule has 0 aromatic carbocycles. The van der Waals surface area contributed by atoms with Crippen molar-refractivity contribution in [2.24, 2.45) is 0 Å². The molecule has 2 aliphatic heterocycles. The van der Waals surface area contributed by atoms with Gasteiger partial charge >= 0.3 is 0 Å². The van der Waals surface area contributed by atoms with Crippen LogP contribution in [0.25, 0.3) is 0 Å². The molecule has 0 aliphatic carbocycles.